The van der Waals surface area contributed by atoms with Gasteiger partial charge in [-0.15, -0.1) is 0 Å². The minimum Gasteiger partial charge on any atom is -0.343 e. The van der Waals surface area contributed by atoms with Crippen LogP contribution in [0.3, 0.4) is 0 Å². The minimum absolute atomic E-state index is 0.00922. The number of rotatable bonds is 7. The Kier molecular flexibility index (Phi) is 7.16. The number of nitrogens with zero attached hydrogens (tertiary/aromatic N) is 3. The summed E-state index contributed by atoms with van der Waals surface area (Å²) in [6, 6.07) is 16.7. The van der Waals surface area contributed by atoms with Gasteiger partial charge in [0.2, 0.25) is 5.91 Å². The maximum Gasteiger partial charge on any atom is 0.250 e. The van der Waals surface area contributed by atoms with E-state index in [9.17, 15) is 14.0 Å². The van der Waals surface area contributed by atoms with Crippen LogP contribution in [0.15, 0.2) is 76.3 Å². The van der Waals surface area contributed by atoms with Crippen molar-refractivity contribution in [3.8, 4) is 0 Å². The average molecular weight is 592 g/mol. The summed E-state index contributed by atoms with van der Waals surface area (Å²) < 4.78 is 18.6. The Hall–Kier alpha value is -3.23. The minimum atomic E-state index is -0.247. The Morgan fingerprint density at radius 1 is 1.13 bits per heavy atom. The average Bonchev–Trinajstić information content (AvgIpc) is 3.71. The number of aryl methyl sites for hydroxylation is 1. The standard InChI is InChI=1S/C31H32BrFN4O2/c1-35-13-11-21(15-29(35)38)25-10-12-34-16-26(25)31(39)37(24-8-9-24)19-22-18-36(17-20-4-2-5-23(33)14-20)28-7-3-6-27(32)30(22)28/h2-7,11,13-15,18,24-26,34H,8-10,12,16-17,19H2,1H3/t25-,26?/m1/s1. The van der Waals surface area contributed by atoms with E-state index in [-0.39, 0.29) is 35.2 Å². The van der Waals surface area contributed by atoms with Crippen LogP contribution >= 0.6 is 15.9 Å². The molecule has 3 heterocycles. The molecule has 1 aliphatic carbocycles. The lowest BCUT2D eigenvalue weighted by Crippen LogP contribution is -2.47. The Labute approximate surface area is 235 Å². The molecule has 1 aliphatic heterocycles. The second-order valence-corrected chi connectivity index (χ2v) is 11.7. The molecule has 8 heteroatoms. The van der Waals surface area contributed by atoms with E-state index in [1.807, 2.05) is 24.3 Å². The van der Waals surface area contributed by atoms with Crippen molar-refractivity contribution in [3.63, 3.8) is 0 Å². The van der Waals surface area contributed by atoms with Crippen LogP contribution in [0.4, 0.5) is 4.39 Å². The molecule has 6 nitrogen and oxygen atoms in total. The molecule has 202 valence electrons. The smallest absolute Gasteiger partial charge is 0.250 e. The van der Waals surface area contributed by atoms with Gasteiger partial charge in [0.25, 0.3) is 5.56 Å². The summed E-state index contributed by atoms with van der Waals surface area (Å²) in [6.07, 6.45) is 6.74. The number of hydrogen-bond acceptors (Lipinski definition) is 3. The van der Waals surface area contributed by atoms with Gasteiger partial charge in [0.15, 0.2) is 0 Å². The molecule has 0 radical (unpaired) electrons. The summed E-state index contributed by atoms with van der Waals surface area (Å²) in [6.45, 7) is 2.48. The fraction of sp³-hybridized carbons (Fsp3) is 0.355. The first-order chi connectivity index (χ1) is 18.9. The van der Waals surface area contributed by atoms with Crippen LogP contribution in [0.1, 0.15) is 41.9 Å². The Balaban J connectivity index is 1.33. The number of pyridine rings is 1. The molecular weight excluding hydrogens is 559 g/mol. The van der Waals surface area contributed by atoms with Crippen molar-refractivity contribution in [2.45, 2.75) is 44.3 Å². The predicted molar refractivity (Wildman–Crippen MR) is 154 cm³/mol. The zero-order valence-corrected chi connectivity index (χ0v) is 23.5. The monoisotopic (exact) mass is 590 g/mol. The molecule has 4 aromatic rings. The van der Waals surface area contributed by atoms with E-state index >= 15 is 0 Å². The maximum atomic E-state index is 14.2. The quantitative estimate of drug-likeness (QED) is 0.323. The Morgan fingerprint density at radius 2 is 1.95 bits per heavy atom. The summed E-state index contributed by atoms with van der Waals surface area (Å²) >= 11 is 3.75. The number of halogens is 2. The molecule has 2 aromatic heterocycles. The van der Waals surface area contributed by atoms with E-state index in [4.69, 9.17) is 0 Å². The third-order valence-electron chi connectivity index (χ3n) is 8.14. The van der Waals surface area contributed by atoms with E-state index in [0.29, 0.717) is 19.6 Å². The van der Waals surface area contributed by atoms with Gasteiger partial charge in [-0.2, -0.15) is 0 Å². The third-order valence-corrected chi connectivity index (χ3v) is 8.80. The van der Waals surface area contributed by atoms with Crippen molar-refractivity contribution in [1.29, 1.82) is 0 Å². The van der Waals surface area contributed by atoms with Gasteiger partial charge in [-0.05, 0) is 78.7 Å². The van der Waals surface area contributed by atoms with Gasteiger partial charge >= 0.3 is 0 Å². The Morgan fingerprint density at radius 3 is 2.72 bits per heavy atom. The second kappa shape index (κ2) is 10.7. The zero-order chi connectivity index (χ0) is 27.1. The van der Waals surface area contributed by atoms with E-state index in [1.165, 1.54) is 6.07 Å². The highest BCUT2D eigenvalue weighted by Gasteiger charge is 2.40. The lowest BCUT2D eigenvalue weighted by molar-refractivity contribution is -0.138. The summed E-state index contributed by atoms with van der Waals surface area (Å²) in [5, 5.41) is 4.50. The van der Waals surface area contributed by atoms with Gasteiger partial charge < -0.3 is 19.4 Å². The van der Waals surface area contributed by atoms with Gasteiger partial charge in [0, 0.05) is 66.6 Å². The number of hydrogen-bond donors (Lipinski definition) is 1. The fourth-order valence-electron chi connectivity index (χ4n) is 5.96. The number of fused-ring (bicyclic) bond motifs is 1. The molecular formula is C31H32BrFN4O2. The van der Waals surface area contributed by atoms with Crippen LogP contribution in [0.25, 0.3) is 10.9 Å². The first-order valence-corrected chi connectivity index (χ1v) is 14.4. The highest BCUT2D eigenvalue weighted by Crippen LogP contribution is 2.38. The molecule has 6 rings (SSSR count). The molecule has 1 N–H and O–H groups in total. The second-order valence-electron chi connectivity index (χ2n) is 10.9. The lowest BCUT2D eigenvalue weighted by atomic mass is 9.80. The van der Waals surface area contributed by atoms with Crippen molar-refractivity contribution in [3.05, 3.63) is 104 Å². The number of carbonyl (C=O) groups is 1. The van der Waals surface area contributed by atoms with Crippen molar-refractivity contribution < 1.29 is 9.18 Å². The summed E-state index contributed by atoms with van der Waals surface area (Å²) in [7, 11) is 1.74. The van der Waals surface area contributed by atoms with Crippen molar-refractivity contribution in [2.75, 3.05) is 13.1 Å². The van der Waals surface area contributed by atoms with Gasteiger partial charge in [0.05, 0.1) is 5.92 Å². The molecule has 39 heavy (non-hydrogen) atoms. The fourth-order valence-corrected chi connectivity index (χ4v) is 6.57. The summed E-state index contributed by atoms with van der Waals surface area (Å²) in [4.78, 5) is 28.7. The molecule has 2 aromatic carbocycles. The summed E-state index contributed by atoms with van der Waals surface area (Å²) in [5.74, 6) is -0.318. The first-order valence-electron chi connectivity index (χ1n) is 13.6. The molecule has 1 saturated carbocycles. The number of aromatic nitrogens is 2. The Bertz CT molecular complexity index is 1590. The number of piperidine rings is 1. The van der Waals surface area contributed by atoms with Crippen LogP contribution < -0.4 is 10.9 Å². The van der Waals surface area contributed by atoms with Crippen LogP contribution in [-0.4, -0.2) is 39.1 Å². The van der Waals surface area contributed by atoms with E-state index in [0.717, 1.165) is 57.9 Å². The molecule has 2 aliphatic rings. The van der Waals surface area contributed by atoms with E-state index in [1.54, 1.807) is 36.0 Å². The van der Waals surface area contributed by atoms with Gasteiger partial charge in [0.1, 0.15) is 5.82 Å². The molecule has 0 spiro atoms. The van der Waals surface area contributed by atoms with Crippen molar-refractivity contribution in [2.24, 2.45) is 13.0 Å². The molecule has 2 atom stereocenters. The third kappa shape index (κ3) is 5.32. The highest BCUT2D eigenvalue weighted by atomic mass is 79.9. The molecule has 1 amide bonds. The topological polar surface area (TPSA) is 59.3 Å². The zero-order valence-electron chi connectivity index (χ0n) is 21.9. The number of benzene rings is 2. The number of nitrogens with one attached hydrogen (secondary N) is 1. The van der Waals surface area contributed by atoms with Gasteiger partial charge in [-0.3, -0.25) is 9.59 Å². The van der Waals surface area contributed by atoms with Crippen molar-refractivity contribution in [1.82, 2.24) is 19.4 Å². The normalized spacial score (nSPS) is 19.4. The van der Waals surface area contributed by atoms with Crippen LogP contribution in [0, 0.1) is 11.7 Å². The first kappa shape index (κ1) is 26.0. The van der Waals surface area contributed by atoms with E-state index < -0.39 is 0 Å². The van der Waals surface area contributed by atoms with Gasteiger partial charge in [-0.1, -0.05) is 34.1 Å². The largest absolute Gasteiger partial charge is 0.343 e. The van der Waals surface area contributed by atoms with Crippen molar-refractivity contribution >= 4 is 32.7 Å². The predicted octanol–water partition coefficient (Wildman–Crippen LogP) is 5.17. The van der Waals surface area contributed by atoms with Gasteiger partial charge in [-0.25, -0.2) is 4.39 Å². The molecule has 0 bridgehead atoms. The summed E-state index contributed by atoms with van der Waals surface area (Å²) in [5.41, 5.74) is 3.90. The van der Waals surface area contributed by atoms with Crippen LogP contribution in [-0.2, 0) is 24.9 Å². The van der Waals surface area contributed by atoms with Crippen LogP contribution in [0.2, 0.25) is 0 Å². The SMILES string of the molecule is Cn1ccc([C@H]2CCNCC2C(=O)N(Cc2cn(Cc3cccc(F)c3)c3cccc(Br)c23)C2CC2)cc1=O. The number of amides is 1. The van der Waals surface area contributed by atoms with E-state index in [2.05, 4.69) is 43.0 Å². The lowest BCUT2D eigenvalue weighted by Gasteiger charge is -2.35. The molecule has 1 unspecified atom stereocenters. The molecule has 2 fully saturated rings. The number of carbonyl (C=O) groups excluding carboxylic acids is 1. The molecule has 1 saturated heterocycles. The maximum absolute atomic E-state index is 14.2. The van der Waals surface area contributed by atoms with Crippen LogP contribution in [0.5, 0.6) is 0 Å². The highest BCUT2D eigenvalue weighted by molar-refractivity contribution is 9.10.